The Bertz CT molecular complexity index is 1240. The van der Waals surface area contributed by atoms with E-state index in [2.05, 4.69) is 32.8 Å². The van der Waals surface area contributed by atoms with Crippen molar-refractivity contribution < 1.29 is 29.3 Å². The number of amides is 2. The molecule has 11 nitrogen and oxygen atoms in total. The molecule has 1 aromatic carbocycles. The van der Waals surface area contributed by atoms with Crippen LogP contribution in [0.15, 0.2) is 36.9 Å². The highest BCUT2D eigenvalue weighted by Gasteiger charge is 2.76. The summed E-state index contributed by atoms with van der Waals surface area (Å²) in [4.78, 5) is 43.3. The van der Waals surface area contributed by atoms with Crippen LogP contribution in [0.25, 0.3) is 11.0 Å². The van der Waals surface area contributed by atoms with Gasteiger partial charge in [-0.05, 0) is 31.4 Å². The molecule has 5 rings (SSSR count). The first-order chi connectivity index (χ1) is 18.3. The highest BCUT2D eigenvalue weighted by atomic mass is 79.9. The lowest BCUT2D eigenvalue weighted by atomic mass is 9.70. The summed E-state index contributed by atoms with van der Waals surface area (Å²) in [7, 11) is 0. The molecule has 3 saturated heterocycles. The zero-order valence-electron chi connectivity index (χ0n) is 21.0. The van der Waals surface area contributed by atoms with Crippen molar-refractivity contribution in [1.29, 1.82) is 0 Å². The van der Waals surface area contributed by atoms with E-state index in [0.717, 1.165) is 18.4 Å². The van der Waals surface area contributed by atoms with Crippen molar-refractivity contribution >= 4 is 44.7 Å². The van der Waals surface area contributed by atoms with Crippen molar-refractivity contribution in [2.45, 2.75) is 61.3 Å². The molecule has 2 bridgehead atoms. The van der Waals surface area contributed by atoms with Crippen LogP contribution >= 0.6 is 15.9 Å². The van der Waals surface area contributed by atoms with Crippen LogP contribution in [0.2, 0.25) is 0 Å². The third-order valence-corrected chi connectivity index (χ3v) is 8.85. The van der Waals surface area contributed by atoms with Crippen molar-refractivity contribution in [3.05, 3.63) is 36.9 Å². The van der Waals surface area contributed by atoms with E-state index < -0.39 is 35.6 Å². The third kappa shape index (κ3) is 4.32. The predicted octanol–water partition coefficient (Wildman–Crippen LogP) is 1.79. The molecule has 0 aliphatic carbocycles. The molecule has 1 aromatic heterocycles. The monoisotopic (exact) mass is 589 g/mol. The summed E-state index contributed by atoms with van der Waals surface area (Å²) in [5.74, 6) is -3.72. The maximum absolute atomic E-state index is 14.3. The van der Waals surface area contributed by atoms with Gasteiger partial charge in [0.15, 0.2) is 0 Å². The van der Waals surface area contributed by atoms with E-state index in [1.807, 2.05) is 24.3 Å². The number of halogens is 1. The van der Waals surface area contributed by atoms with Gasteiger partial charge in [0.1, 0.15) is 23.8 Å². The smallest absolute Gasteiger partial charge is 0.310 e. The van der Waals surface area contributed by atoms with Gasteiger partial charge in [-0.15, -0.1) is 11.7 Å². The number of aromatic nitrogens is 3. The Morgan fingerprint density at radius 3 is 2.76 bits per heavy atom. The summed E-state index contributed by atoms with van der Waals surface area (Å²) in [6.07, 6.45) is 4.16. The molecule has 3 fully saturated rings. The van der Waals surface area contributed by atoms with Gasteiger partial charge in [0.05, 0.1) is 23.5 Å². The van der Waals surface area contributed by atoms with Crippen LogP contribution in [0.4, 0.5) is 0 Å². The fourth-order valence-corrected chi connectivity index (χ4v) is 7.35. The van der Waals surface area contributed by atoms with Crippen LogP contribution in [0, 0.1) is 11.8 Å². The summed E-state index contributed by atoms with van der Waals surface area (Å²) in [5, 5.41) is 27.5. The first kappa shape index (κ1) is 26.8. The van der Waals surface area contributed by atoms with Gasteiger partial charge in [-0.25, -0.2) is 4.68 Å². The Morgan fingerprint density at radius 1 is 1.26 bits per heavy atom. The molecule has 2 amide bonds. The third-order valence-electron chi connectivity index (χ3n) is 8.00. The lowest BCUT2D eigenvalue weighted by molar-refractivity contribution is -0.151. The minimum absolute atomic E-state index is 0.0880. The van der Waals surface area contributed by atoms with Crippen molar-refractivity contribution in [3.63, 3.8) is 0 Å². The molecule has 12 heteroatoms. The quantitative estimate of drug-likeness (QED) is 0.217. The molecular weight excluding hydrogens is 558 g/mol. The number of carbonyl (C=O) groups is 3. The number of alkyl halides is 1. The fraction of sp³-hybridized carbons (Fsp3) is 0.577. The summed E-state index contributed by atoms with van der Waals surface area (Å²) < 4.78 is 7.98. The standard InChI is InChI=1S/C26H32BrN5O6/c1-2-11-30(15-32-18-10-6-5-9-17(18)28-29-32)24(35)22-26-14-16(27)21(38-26)19(25(36)37)20(26)23(34)31(22)12-7-3-4-8-13-33/h2,5-6,9-10,16,19-22,33H,1,3-4,7-8,11-15H2,(H,36,37)/t16?,19-,20-,21-,22?,26?/m0/s1. The van der Waals surface area contributed by atoms with Crippen molar-refractivity contribution in [1.82, 2.24) is 24.8 Å². The highest BCUT2D eigenvalue weighted by Crippen LogP contribution is 2.60. The number of aliphatic hydroxyl groups excluding tert-OH is 1. The van der Waals surface area contributed by atoms with E-state index in [1.165, 1.54) is 0 Å². The van der Waals surface area contributed by atoms with E-state index in [9.17, 15) is 19.5 Å². The van der Waals surface area contributed by atoms with Gasteiger partial charge < -0.3 is 24.7 Å². The van der Waals surface area contributed by atoms with Gasteiger partial charge in [-0.1, -0.05) is 52.2 Å². The van der Waals surface area contributed by atoms with Crippen molar-refractivity contribution in [2.75, 3.05) is 19.7 Å². The molecule has 1 spiro atoms. The molecule has 3 aliphatic rings. The molecular formula is C26H32BrN5O6. The summed E-state index contributed by atoms with van der Waals surface area (Å²) in [5.41, 5.74) is 0.227. The summed E-state index contributed by atoms with van der Waals surface area (Å²) in [6, 6.07) is 6.46. The number of fused-ring (bicyclic) bond motifs is 2. The second-order valence-electron chi connectivity index (χ2n) is 10.2. The van der Waals surface area contributed by atoms with E-state index in [4.69, 9.17) is 9.84 Å². The Balaban J connectivity index is 1.48. The zero-order valence-corrected chi connectivity index (χ0v) is 22.6. The van der Waals surface area contributed by atoms with E-state index >= 15 is 0 Å². The number of ether oxygens (including phenoxy) is 1. The normalized spacial score (nSPS) is 29.7. The SMILES string of the molecule is C=CCN(Cn1nnc2ccccc21)C(=O)C1N(CCCCCCO)C(=O)[C@@H]2[C@H](C(=O)O)[C@H]3OC12CC3Br. The number of carboxylic acid groups (broad SMARTS) is 1. The number of rotatable bonds is 12. The molecule has 38 heavy (non-hydrogen) atoms. The molecule has 204 valence electrons. The number of hydrogen-bond donors (Lipinski definition) is 2. The number of unbranched alkanes of at least 4 members (excludes halogenated alkanes) is 3. The van der Waals surface area contributed by atoms with E-state index in [-0.39, 0.29) is 36.5 Å². The van der Waals surface area contributed by atoms with Crippen molar-refractivity contribution in [2.24, 2.45) is 11.8 Å². The van der Waals surface area contributed by atoms with Gasteiger partial charge in [0.25, 0.3) is 0 Å². The Hall–Kier alpha value is -2.83. The number of benzene rings is 1. The molecule has 4 heterocycles. The number of aliphatic hydroxyl groups is 1. The summed E-state index contributed by atoms with van der Waals surface area (Å²) in [6.45, 7) is 4.51. The van der Waals surface area contributed by atoms with Crippen LogP contribution in [0.1, 0.15) is 32.1 Å². The molecule has 3 aliphatic heterocycles. The molecule has 6 atom stereocenters. The number of carbonyl (C=O) groups excluding carboxylic acids is 2. The van der Waals surface area contributed by atoms with E-state index in [0.29, 0.717) is 31.3 Å². The topological polar surface area (TPSA) is 138 Å². The van der Waals surface area contributed by atoms with Crippen LogP contribution in [-0.2, 0) is 25.8 Å². The molecule has 0 saturated carbocycles. The maximum atomic E-state index is 14.3. The minimum Gasteiger partial charge on any atom is -0.481 e. The average Bonchev–Trinajstić information content (AvgIpc) is 3.61. The maximum Gasteiger partial charge on any atom is 0.310 e. The van der Waals surface area contributed by atoms with Crippen LogP contribution in [0.5, 0.6) is 0 Å². The zero-order chi connectivity index (χ0) is 27.0. The minimum atomic E-state index is -1.23. The summed E-state index contributed by atoms with van der Waals surface area (Å²) >= 11 is 3.57. The Morgan fingerprint density at radius 2 is 2.03 bits per heavy atom. The number of aliphatic carboxylic acids is 1. The van der Waals surface area contributed by atoms with E-state index in [1.54, 1.807) is 20.6 Å². The molecule has 0 radical (unpaired) electrons. The lowest BCUT2D eigenvalue weighted by Gasteiger charge is -2.37. The van der Waals surface area contributed by atoms with Crippen LogP contribution in [-0.4, -0.2) is 95.1 Å². The van der Waals surface area contributed by atoms with Crippen molar-refractivity contribution in [3.8, 4) is 0 Å². The number of nitrogens with zero attached hydrogens (tertiary/aromatic N) is 5. The number of likely N-dealkylation sites (tertiary alicyclic amines) is 1. The largest absolute Gasteiger partial charge is 0.481 e. The van der Waals surface area contributed by atoms with Gasteiger partial charge in [0.2, 0.25) is 11.8 Å². The Labute approximate surface area is 228 Å². The fourth-order valence-electron chi connectivity index (χ4n) is 6.41. The Kier molecular flexibility index (Phi) is 7.56. The second-order valence-corrected chi connectivity index (χ2v) is 11.4. The van der Waals surface area contributed by atoms with Gasteiger partial charge in [-0.3, -0.25) is 14.4 Å². The molecule has 2 N–H and O–H groups in total. The number of hydrogen-bond acceptors (Lipinski definition) is 7. The first-order valence-corrected chi connectivity index (χ1v) is 13.9. The van der Waals surface area contributed by atoms with Gasteiger partial charge in [-0.2, -0.15) is 0 Å². The van der Waals surface area contributed by atoms with Gasteiger partial charge in [0, 0.05) is 24.5 Å². The van der Waals surface area contributed by atoms with Crippen LogP contribution < -0.4 is 0 Å². The molecule has 3 unspecified atom stereocenters. The lowest BCUT2D eigenvalue weighted by Crippen LogP contribution is -2.57. The number of carboxylic acids is 1. The predicted molar refractivity (Wildman–Crippen MR) is 140 cm³/mol. The number of para-hydroxylation sites is 1. The average molecular weight is 590 g/mol. The molecule has 2 aromatic rings. The highest BCUT2D eigenvalue weighted by molar-refractivity contribution is 9.09. The van der Waals surface area contributed by atoms with Crippen LogP contribution in [0.3, 0.4) is 0 Å². The first-order valence-electron chi connectivity index (χ1n) is 13.0. The second kappa shape index (κ2) is 10.7. The van der Waals surface area contributed by atoms with Gasteiger partial charge >= 0.3 is 5.97 Å².